The predicted octanol–water partition coefficient (Wildman–Crippen LogP) is 7.54. The van der Waals surface area contributed by atoms with Gasteiger partial charge in [0.25, 0.3) is 0 Å². The summed E-state index contributed by atoms with van der Waals surface area (Å²) in [5.41, 5.74) is 8.93. The lowest BCUT2D eigenvalue weighted by Gasteiger charge is -2.29. The van der Waals surface area contributed by atoms with Crippen LogP contribution in [-0.4, -0.2) is 23.1 Å². The average Bonchev–Trinajstić information content (AvgIpc) is 3.14. The van der Waals surface area contributed by atoms with Gasteiger partial charge in [-0.05, 0) is 72.0 Å². The maximum Gasteiger partial charge on any atom is 0.0488 e. The van der Waals surface area contributed by atoms with Gasteiger partial charge in [-0.15, -0.1) is 0 Å². The van der Waals surface area contributed by atoms with Crippen LogP contribution >= 0.6 is 0 Å². The van der Waals surface area contributed by atoms with Crippen molar-refractivity contribution in [1.29, 1.82) is 0 Å². The molecule has 1 aromatic heterocycles. The normalized spacial score (nSPS) is 16.2. The molecule has 1 aliphatic rings. The third kappa shape index (κ3) is 4.70. The third-order valence-corrected chi connectivity index (χ3v) is 7.47. The fraction of sp³-hybridized carbons (Fsp3) is 0.375. The minimum absolute atomic E-state index is 0.150. The van der Waals surface area contributed by atoms with Crippen LogP contribution in [-0.2, 0) is 24.9 Å². The van der Waals surface area contributed by atoms with Gasteiger partial charge in [0.15, 0.2) is 0 Å². The van der Waals surface area contributed by atoms with Crippen LogP contribution in [0.2, 0.25) is 0 Å². The Morgan fingerprint density at radius 3 is 2.24 bits per heavy atom. The molecule has 1 heterocycles. The van der Waals surface area contributed by atoms with Crippen molar-refractivity contribution in [2.24, 2.45) is 0 Å². The van der Waals surface area contributed by atoms with Crippen LogP contribution < -0.4 is 0 Å². The van der Waals surface area contributed by atoms with Crippen molar-refractivity contribution in [3.63, 3.8) is 0 Å². The second-order valence-electron chi connectivity index (χ2n) is 11.2. The molecule has 1 atom stereocenters. The first kappa shape index (κ1) is 22.9. The Balaban J connectivity index is 1.56. The van der Waals surface area contributed by atoms with Crippen LogP contribution in [0.15, 0.2) is 78.9 Å². The largest absolute Gasteiger partial charge is 0.340 e. The van der Waals surface area contributed by atoms with E-state index < -0.39 is 0 Å². The quantitative estimate of drug-likeness (QED) is 0.294. The Hall–Kier alpha value is -2.84. The topological polar surface area (TPSA) is 8.17 Å². The zero-order chi connectivity index (χ0) is 23.7. The van der Waals surface area contributed by atoms with E-state index in [1.165, 1.54) is 46.9 Å². The summed E-state index contributed by atoms with van der Waals surface area (Å²) in [5.74, 6) is 0.576. The molecule has 5 rings (SSSR count). The lowest BCUT2D eigenvalue weighted by atomic mass is 9.82. The zero-order valence-corrected chi connectivity index (χ0v) is 21.2. The highest BCUT2D eigenvalue weighted by Gasteiger charge is 2.29. The first-order valence-electron chi connectivity index (χ1n) is 12.8. The third-order valence-electron chi connectivity index (χ3n) is 7.47. The summed E-state index contributed by atoms with van der Waals surface area (Å²) >= 11 is 0. The molecule has 0 bridgehead atoms. The SMILES string of the molecule is CN(Cc1ccccc1)CC1CCCc2c1c1cc(C(C)(C)C)ccc1n2Cc1ccccc1. The van der Waals surface area contributed by atoms with Crippen molar-refractivity contribution in [3.05, 3.63) is 107 Å². The average molecular weight is 451 g/mol. The van der Waals surface area contributed by atoms with Gasteiger partial charge in [0.05, 0.1) is 0 Å². The predicted molar refractivity (Wildman–Crippen MR) is 145 cm³/mol. The Kier molecular flexibility index (Phi) is 6.36. The Labute approximate surface area is 205 Å². The van der Waals surface area contributed by atoms with E-state index in [9.17, 15) is 0 Å². The van der Waals surface area contributed by atoms with Gasteiger partial charge in [0, 0.05) is 36.2 Å². The molecule has 3 aromatic carbocycles. The summed E-state index contributed by atoms with van der Waals surface area (Å²) in [6.07, 6.45) is 3.73. The molecule has 0 fully saturated rings. The van der Waals surface area contributed by atoms with Crippen molar-refractivity contribution < 1.29 is 0 Å². The van der Waals surface area contributed by atoms with E-state index in [0.717, 1.165) is 19.6 Å². The Morgan fingerprint density at radius 1 is 0.882 bits per heavy atom. The van der Waals surface area contributed by atoms with Gasteiger partial charge in [-0.2, -0.15) is 0 Å². The molecule has 1 unspecified atom stereocenters. The van der Waals surface area contributed by atoms with Crippen LogP contribution in [0.1, 0.15) is 67.5 Å². The molecule has 2 nitrogen and oxygen atoms in total. The first-order valence-corrected chi connectivity index (χ1v) is 12.8. The van der Waals surface area contributed by atoms with Crippen molar-refractivity contribution in [1.82, 2.24) is 9.47 Å². The minimum Gasteiger partial charge on any atom is -0.340 e. The fourth-order valence-corrected chi connectivity index (χ4v) is 5.75. The van der Waals surface area contributed by atoms with E-state index in [1.807, 2.05) is 0 Å². The highest BCUT2D eigenvalue weighted by Crippen LogP contribution is 2.41. The molecule has 4 aromatic rings. The van der Waals surface area contributed by atoms with Crippen LogP contribution in [0.4, 0.5) is 0 Å². The van der Waals surface area contributed by atoms with Crippen molar-refractivity contribution in [3.8, 4) is 0 Å². The van der Waals surface area contributed by atoms with Gasteiger partial charge in [0.1, 0.15) is 0 Å². The number of nitrogens with zero attached hydrogens (tertiary/aromatic N) is 2. The molecule has 176 valence electrons. The highest BCUT2D eigenvalue weighted by molar-refractivity contribution is 5.87. The molecule has 0 N–H and O–H groups in total. The van der Waals surface area contributed by atoms with Gasteiger partial charge in [-0.25, -0.2) is 0 Å². The summed E-state index contributed by atoms with van der Waals surface area (Å²) in [6.45, 7) is 10.0. The lowest BCUT2D eigenvalue weighted by Crippen LogP contribution is -2.26. The Bertz CT molecular complexity index is 1250. The number of aromatic nitrogens is 1. The fourth-order valence-electron chi connectivity index (χ4n) is 5.75. The van der Waals surface area contributed by atoms with Gasteiger partial charge in [-0.3, -0.25) is 0 Å². The van der Waals surface area contributed by atoms with Crippen molar-refractivity contribution in [2.75, 3.05) is 13.6 Å². The minimum atomic E-state index is 0.150. The van der Waals surface area contributed by atoms with Crippen LogP contribution in [0.5, 0.6) is 0 Å². The number of rotatable bonds is 6. The molecule has 0 radical (unpaired) electrons. The molecule has 34 heavy (non-hydrogen) atoms. The second kappa shape index (κ2) is 9.43. The van der Waals surface area contributed by atoms with Crippen LogP contribution in [0.25, 0.3) is 10.9 Å². The molecule has 0 saturated heterocycles. The molecule has 0 saturated carbocycles. The van der Waals surface area contributed by atoms with E-state index in [4.69, 9.17) is 0 Å². The molecule has 0 aliphatic heterocycles. The van der Waals surface area contributed by atoms with E-state index >= 15 is 0 Å². The summed E-state index contributed by atoms with van der Waals surface area (Å²) in [5, 5.41) is 1.48. The molecule has 0 spiro atoms. The van der Waals surface area contributed by atoms with E-state index in [-0.39, 0.29) is 5.41 Å². The van der Waals surface area contributed by atoms with Crippen molar-refractivity contribution in [2.45, 2.75) is 64.5 Å². The van der Waals surface area contributed by atoms with E-state index in [1.54, 1.807) is 11.3 Å². The Morgan fingerprint density at radius 2 is 1.56 bits per heavy atom. The number of likely N-dealkylation sites (N-methyl/N-ethyl adjacent to an activating group) is 1. The number of hydrogen-bond acceptors (Lipinski definition) is 1. The van der Waals surface area contributed by atoms with Gasteiger partial charge < -0.3 is 9.47 Å². The molecule has 2 heteroatoms. The summed E-state index contributed by atoms with van der Waals surface area (Å²) < 4.78 is 2.62. The highest BCUT2D eigenvalue weighted by atomic mass is 15.1. The van der Waals surface area contributed by atoms with E-state index in [0.29, 0.717) is 5.92 Å². The van der Waals surface area contributed by atoms with Gasteiger partial charge >= 0.3 is 0 Å². The number of hydrogen-bond donors (Lipinski definition) is 0. The van der Waals surface area contributed by atoms with E-state index in [2.05, 4.69) is 116 Å². The lowest BCUT2D eigenvalue weighted by molar-refractivity contribution is 0.290. The monoisotopic (exact) mass is 450 g/mol. The number of benzene rings is 3. The van der Waals surface area contributed by atoms with Crippen LogP contribution in [0, 0.1) is 0 Å². The standard InChI is InChI=1S/C32H38N2/c1-32(2,3)27-18-19-29-28(20-27)31-26(23-33(4)21-24-12-7-5-8-13-24)16-11-17-30(31)34(29)22-25-14-9-6-10-15-25/h5-10,12-15,18-20,26H,11,16-17,21-23H2,1-4H3. The van der Waals surface area contributed by atoms with Crippen molar-refractivity contribution >= 4 is 10.9 Å². The van der Waals surface area contributed by atoms with Gasteiger partial charge in [-0.1, -0.05) is 87.5 Å². The maximum absolute atomic E-state index is 2.62. The number of fused-ring (bicyclic) bond motifs is 3. The molecular weight excluding hydrogens is 412 g/mol. The smallest absolute Gasteiger partial charge is 0.0488 e. The summed E-state index contributed by atoms with van der Waals surface area (Å²) in [6, 6.07) is 29.1. The zero-order valence-electron chi connectivity index (χ0n) is 21.2. The second-order valence-corrected chi connectivity index (χ2v) is 11.2. The van der Waals surface area contributed by atoms with Gasteiger partial charge in [0.2, 0.25) is 0 Å². The maximum atomic E-state index is 2.62. The van der Waals surface area contributed by atoms with Crippen LogP contribution in [0.3, 0.4) is 0 Å². The molecule has 1 aliphatic carbocycles. The summed E-state index contributed by atoms with van der Waals surface area (Å²) in [4.78, 5) is 2.52. The molecule has 0 amide bonds. The first-order chi connectivity index (χ1) is 16.4. The summed E-state index contributed by atoms with van der Waals surface area (Å²) in [7, 11) is 2.28. The molecular formula is C32H38N2.